The third-order valence-corrected chi connectivity index (χ3v) is 2.57. The van der Waals surface area contributed by atoms with Crippen LogP contribution < -0.4 is 5.73 Å². The van der Waals surface area contributed by atoms with Gasteiger partial charge in [0.1, 0.15) is 0 Å². The minimum atomic E-state index is -0.376. The first kappa shape index (κ1) is 11.8. The van der Waals surface area contributed by atoms with Crippen LogP contribution in [0.25, 0.3) is 0 Å². The maximum absolute atomic E-state index is 12.1. The number of hydrogen-bond acceptors (Lipinski definition) is 6. The van der Waals surface area contributed by atoms with Crippen molar-refractivity contribution in [2.75, 3.05) is 18.8 Å². The molecular formula is C10H16N4O3. The van der Waals surface area contributed by atoms with Crippen LogP contribution in [0.2, 0.25) is 0 Å². The van der Waals surface area contributed by atoms with Gasteiger partial charge in [0.15, 0.2) is 0 Å². The molecule has 1 atom stereocenters. The van der Waals surface area contributed by atoms with Crippen LogP contribution in [0, 0.1) is 0 Å². The summed E-state index contributed by atoms with van der Waals surface area (Å²) in [5, 5.41) is 6.92. The average Bonchev–Trinajstić information content (AvgIpc) is 2.60. The van der Waals surface area contributed by atoms with Gasteiger partial charge in [-0.2, -0.15) is 0 Å². The van der Waals surface area contributed by atoms with E-state index >= 15 is 0 Å². The molecule has 0 radical (unpaired) electrons. The number of nitrogens with zero attached hydrogens (tertiary/aromatic N) is 3. The Hall–Kier alpha value is -1.63. The van der Waals surface area contributed by atoms with Crippen LogP contribution in [0.15, 0.2) is 4.63 Å². The SMILES string of the molecule is CC1CN(C(=O)c2nonc2N)CC(C)(C)O1. The van der Waals surface area contributed by atoms with Crippen molar-refractivity contribution in [3.8, 4) is 0 Å². The molecule has 7 heteroatoms. The molecule has 94 valence electrons. The molecule has 0 aliphatic carbocycles. The smallest absolute Gasteiger partial charge is 0.280 e. The summed E-state index contributed by atoms with van der Waals surface area (Å²) in [6.07, 6.45) is -0.0243. The van der Waals surface area contributed by atoms with Gasteiger partial charge in [0.25, 0.3) is 5.91 Å². The Morgan fingerprint density at radius 3 is 2.76 bits per heavy atom. The molecule has 7 nitrogen and oxygen atoms in total. The van der Waals surface area contributed by atoms with Crippen LogP contribution in [0.4, 0.5) is 5.82 Å². The number of nitrogens with two attached hydrogens (primary N) is 1. The lowest BCUT2D eigenvalue weighted by molar-refractivity contribution is -0.119. The third-order valence-electron chi connectivity index (χ3n) is 2.57. The first-order valence-corrected chi connectivity index (χ1v) is 5.44. The van der Waals surface area contributed by atoms with Crippen molar-refractivity contribution in [3.63, 3.8) is 0 Å². The number of amides is 1. The van der Waals surface area contributed by atoms with Crippen molar-refractivity contribution < 1.29 is 14.2 Å². The predicted molar refractivity (Wildman–Crippen MR) is 59.2 cm³/mol. The summed E-state index contributed by atoms with van der Waals surface area (Å²) in [5.74, 6) is -0.251. The molecule has 1 saturated heterocycles. The predicted octanol–water partition coefficient (Wildman–Crippen LogP) is 0.291. The Balaban J connectivity index is 2.18. The van der Waals surface area contributed by atoms with Crippen molar-refractivity contribution in [2.45, 2.75) is 32.5 Å². The quantitative estimate of drug-likeness (QED) is 0.758. The molecule has 1 aromatic rings. The first-order chi connectivity index (χ1) is 7.89. The molecule has 0 saturated carbocycles. The Morgan fingerprint density at radius 2 is 2.24 bits per heavy atom. The van der Waals surface area contributed by atoms with E-state index in [0.29, 0.717) is 13.1 Å². The van der Waals surface area contributed by atoms with Gasteiger partial charge in [0.2, 0.25) is 11.5 Å². The summed E-state index contributed by atoms with van der Waals surface area (Å²) in [5.41, 5.74) is 5.19. The lowest BCUT2D eigenvalue weighted by Crippen LogP contribution is -2.53. The summed E-state index contributed by atoms with van der Waals surface area (Å²) in [6, 6.07) is 0. The number of hydrogen-bond donors (Lipinski definition) is 1. The van der Waals surface area contributed by atoms with E-state index in [4.69, 9.17) is 10.5 Å². The first-order valence-electron chi connectivity index (χ1n) is 5.44. The summed E-state index contributed by atoms with van der Waals surface area (Å²) in [7, 11) is 0. The van der Waals surface area contributed by atoms with Crippen LogP contribution in [-0.2, 0) is 4.74 Å². The van der Waals surface area contributed by atoms with Crippen molar-refractivity contribution in [1.29, 1.82) is 0 Å². The molecule has 1 aliphatic rings. The Morgan fingerprint density at radius 1 is 1.53 bits per heavy atom. The van der Waals surface area contributed by atoms with Crippen LogP contribution >= 0.6 is 0 Å². The van der Waals surface area contributed by atoms with E-state index in [1.807, 2.05) is 20.8 Å². The summed E-state index contributed by atoms with van der Waals surface area (Å²) in [6.45, 7) is 6.79. The maximum Gasteiger partial charge on any atom is 0.280 e. The molecule has 1 unspecified atom stereocenters. The fourth-order valence-corrected chi connectivity index (χ4v) is 2.10. The fraction of sp³-hybridized carbons (Fsp3) is 0.700. The zero-order valence-electron chi connectivity index (χ0n) is 10.1. The normalized spacial score (nSPS) is 23.7. The van der Waals surface area contributed by atoms with Crippen LogP contribution in [0.5, 0.6) is 0 Å². The summed E-state index contributed by atoms with van der Waals surface area (Å²) < 4.78 is 10.1. The largest absolute Gasteiger partial charge is 0.379 e. The van der Waals surface area contributed by atoms with Gasteiger partial charge in [0, 0.05) is 13.1 Å². The average molecular weight is 240 g/mol. The monoisotopic (exact) mass is 240 g/mol. The van der Waals surface area contributed by atoms with E-state index < -0.39 is 0 Å². The second-order valence-electron chi connectivity index (χ2n) is 4.87. The zero-order valence-corrected chi connectivity index (χ0v) is 10.1. The minimum absolute atomic E-state index is 0.0203. The van der Waals surface area contributed by atoms with Crippen molar-refractivity contribution in [3.05, 3.63) is 5.69 Å². The van der Waals surface area contributed by atoms with E-state index in [-0.39, 0.29) is 29.1 Å². The third kappa shape index (κ3) is 2.38. The van der Waals surface area contributed by atoms with Crippen LogP contribution in [0.3, 0.4) is 0 Å². The zero-order chi connectivity index (χ0) is 12.6. The van der Waals surface area contributed by atoms with Crippen LogP contribution in [0.1, 0.15) is 31.3 Å². The second kappa shape index (κ2) is 3.99. The lowest BCUT2D eigenvalue weighted by atomic mass is 10.1. The van der Waals surface area contributed by atoms with E-state index in [1.54, 1.807) is 4.90 Å². The minimum Gasteiger partial charge on any atom is -0.379 e. The number of morpholine rings is 1. The number of anilines is 1. The second-order valence-corrected chi connectivity index (χ2v) is 4.87. The van der Waals surface area contributed by atoms with Gasteiger partial charge in [0.05, 0.1) is 11.7 Å². The molecule has 17 heavy (non-hydrogen) atoms. The number of carbonyl (C=O) groups excluding carboxylic acids is 1. The molecule has 0 bridgehead atoms. The molecule has 2 rings (SSSR count). The highest BCUT2D eigenvalue weighted by atomic mass is 16.6. The van der Waals surface area contributed by atoms with Gasteiger partial charge in [-0.15, -0.1) is 0 Å². The standard InChI is InChI=1S/C10H16N4O3/c1-6-4-14(5-10(2,3)16-6)9(15)7-8(11)13-17-12-7/h6H,4-5H2,1-3H3,(H2,11,13). The van der Waals surface area contributed by atoms with Crippen molar-refractivity contribution >= 4 is 11.7 Å². The fourth-order valence-electron chi connectivity index (χ4n) is 2.10. The molecule has 2 heterocycles. The maximum atomic E-state index is 12.1. The number of aromatic nitrogens is 2. The molecule has 2 N–H and O–H groups in total. The summed E-state index contributed by atoms with van der Waals surface area (Å²) in [4.78, 5) is 13.8. The van der Waals surface area contributed by atoms with Crippen molar-refractivity contribution in [2.24, 2.45) is 0 Å². The van der Waals surface area contributed by atoms with E-state index in [2.05, 4.69) is 14.9 Å². The number of rotatable bonds is 1. The van der Waals surface area contributed by atoms with Gasteiger partial charge >= 0.3 is 0 Å². The molecule has 0 aromatic carbocycles. The van der Waals surface area contributed by atoms with Crippen LogP contribution in [-0.4, -0.2) is 45.9 Å². The number of nitrogen functional groups attached to an aromatic ring is 1. The Bertz CT molecular complexity index is 429. The lowest BCUT2D eigenvalue weighted by Gasteiger charge is -2.41. The van der Waals surface area contributed by atoms with Gasteiger partial charge < -0.3 is 15.4 Å². The molecule has 1 amide bonds. The van der Waals surface area contributed by atoms with Gasteiger partial charge in [-0.05, 0) is 31.1 Å². The molecule has 1 aliphatic heterocycles. The van der Waals surface area contributed by atoms with E-state index in [9.17, 15) is 4.79 Å². The highest BCUT2D eigenvalue weighted by molar-refractivity contribution is 5.96. The molecule has 1 aromatic heterocycles. The number of carbonyl (C=O) groups is 1. The molecule has 1 fully saturated rings. The topological polar surface area (TPSA) is 94.5 Å². The highest BCUT2D eigenvalue weighted by Gasteiger charge is 2.35. The molecular weight excluding hydrogens is 224 g/mol. The van der Waals surface area contributed by atoms with E-state index in [0.717, 1.165) is 0 Å². The van der Waals surface area contributed by atoms with Gasteiger partial charge in [-0.1, -0.05) is 0 Å². The number of ether oxygens (including phenoxy) is 1. The van der Waals surface area contributed by atoms with Gasteiger partial charge in [-0.3, -0.25) is 4.79 Å². The molecule has 0 spiro atoms. The van der Waals surface area contributed by atoms with Crippen molar-refractivity contribution in [1.82, 2.24) is 15.2 Å². The highest BCUT2D eigenvalue weighted by Crippen LogP contribution is 2.22. The van der Waals surface area contributed by atoms with Gasteiger partial charge in [-0.25, -0.2) is 4.63 Å². The Labute approximate surface area is 98.9 Å². The van der Waals surface area contributed by atoms with E-state index in [1.165, 1.54) is 0 Å². The summed E-state index contributed by atoms with van der Waals surface area (Å²) >= 11 is 0. The Kier molecular flexibility index (Phi) is 2.78.